The number of carbonyl (C=O) groups excluding carboxylic acids is 1. The van der Waals surface area contributed by atoms with Crippen LogP contribution in [-0.4, -0.2) is 13.1 Å². The first-order valence-corrected chi connectivity index (χ1v) is 12.6. The van der Waals surface area contributed by atoms with Crippen molar-refractivity contribution in [2.45, 2.75) is 135 Å². The molecule has 1 saturated carbocycles. The minimum Gasteiger partial charge on any atom is -0.469 e. The van der Waals surface area contributed by atoms with Gasteiger partial charge in [0.25, 0.3) is 0 Å². The first-order chi connectivity index (χ1) is 13.8. The van der Waals surface area contributed by atoms with Crippen LogP contribution < -0.4 is 0 Å². The van der Waals surface area contributed by atoms with Crippen LogP contribution in [0.3, 0.4) is 0 Å². The van der Waals surface area contributed by atoms with Crippen LogP contribution in [0.1, 0.15) is 135 Å². The summed E-state index contributed by atoms with van der Waals surface area (Å²) in [7, 11) is 1.51. The molecule has 1 fully saturated rings. The van der Waals surface area contributed by atoms with E-state index in [0.29, 0.717) is 0 Å². The highest BCUT2D eigenvalue weighted by Gasteiger charge is 2.18. The van der Waals surface area contributed by atoms with Crippen LogP contribution in [0.5, 0.6) is 0 Å². The smallest absolute Gasteiger partial charge is 0.308 e. The summed E-state index contributed by atoms with van der Waals surface area (Å²) < 4.78 is 4.88. The van der Waals surface area contributed by atoms with E-state index < -0.39 is 0 Å². The van der Waals surface area contributed by atoms with Gasteiger partial charge in [0.2, 0.25) is 0 Å². The lowest BCUT2D eigenvalue weighted by Crippen LogP contribution is -2.16. The fraction of sp³-hybridized carbons (Fsp3) is 0.885. The van der Waals surface area contributed by atoms with Gasteiger partial charge in [-0.3, -0.25) is 4.79 Å². The molecule has 2 rings (SSSR count). The Bertz CT molecular complexity index is 349. The summed E-state index contributed by atoms with van der Waals surface area (Å²) >= 11 is 0. The Morgan fingerprint density at radius 3 is 1.25 bits per heavy atom. The number of rotatable bonds is 1. The van der Waals surface area contributed by atoms with E-state index in [0.717, 1.165) is 12.8 Å². The maximum Gasteiger partial charge on any atom is 0.308 e. The molecule has 0 N–H and O–H groups in total. The molecule has 28 heavy (non-hydrogen) atoms. The predicted molar refractivity (Wildman–Crippen MR) is 122 cm³/mol. The molecule has 0 saturated heterocycles. The number of hydrogen-bond acceptors (Lipinski definition) is 2. The maximum absolute atomic E-state index is 11.6. The molecular weight excluding hydrogens is 344 g/mol. The highest BCUT2D eigenvalue weighted by atomic mass is 16.5. The number of ether oxygens (including phenoxy) is 1. The van der Waals surface area contributed by atoms with Crippen molar-refractivity contribution in [3.8, 4) is 0 Å². The fourth-order valence-corrected chi connectivity index (χ4v) is 4.39. The van der Waals surface area contributed by atoms with Crippen LogP contribution in [0.25, 0.3) is 0 Å². The van der Waals surface area contributed by atoms with Crippen LogP contribution in [-0.2, 0) is 9.53 Å². The molecule has 0 radical (unpaired) electrons. The summed E-state index contributed by atoms with van der Waals surface area (Å²) in [6.45, 7) is 0. The van der Waals surface area contributed by atoms with Gasteiger partial charge in [-0.2, -0.15) is 0 Å². The van der Waals surface area contributed by atoms with E-state index in [4.69, 9.17) is 4.74 Å². The van der Waals surface area contributed by atoms with Crippen LogP contribution in [0.2, 0.25) is 0 Å². The summed E-state index contributed by atoms with van der Waals surface area (Å²) in [6.07, 6.45) is 32.9. The molecule has 0 aromatic carbocycles. The summed E-state index contributed by atoms with van der Waals surface area (Å²) in [5, 5.41) is 0. The zero-order chi connectivity index (χ0) is 20.1. The molecule has 2 aliphatic rings. The topological polar surface area (TPSA) is 26.3 Å². The molecule has 0 unspecified atom stereocenters. The van der Waals surface area contributed by atoms with Crippen molar-refractivity contribution in [1.82, 2.24) is 0 Å². The highest BCUT2D eigenvalue weighted by molar-refractivity contribution is 5.72. The SMILES string of the molecule is C1=CCCCCCCCCCC1.COC(=O)C1CCCCCCCCCCC1. The van der Waals surface area contributed by atoms with Crippen LogP contribution in [0.4, 0.5) is 0 Å². The van der Waals surface area contributed by atoms with E-state index in [1.54, 1.807) is 0 Å². The van der Waals surface area contributed by atoms with Gasteiger partial charge in [0, 0.05) is 0 Å². The van der Waals surface area contributed by atoms with E-state index in [1.165, 1.54) is 129 Å². The number of hydrogen-bond donors (Lipinski definition) is 0. The van der Waals surface area contributed by atoms with Crippen LogP contribution >= 0.6 is 0 Å². The van der Waals surface area contributed by atoms with E-state index in [9.17, 15) is 4.79 Å². The lowest BCUT2D eigenvalue weighted by molar-refractivity contribution is -0.146. The Balaban J connectivity index is 0.000000292. The Kier molecular flexibility index (Phi) is 17.6. The van der Waals surface area contributed by atoms with E-state index in [1.807, 2.05) is 0 Å². The number of methoxy groups -OCH3 is 1. The van der Waals surface area contributed by atoms with Gasteiger partial charge in [0.1, 0.15) is 0 Å². The van der Waals surface area contributed by atoms with Gasteiger partial charge in [-0.25, -0.2) is 0 Å². The van der Waals surface area contributed by atoms with Gasteiger partial charge in [-0.05, 0) is 38.5 Å². The average molecular weight is 393 g/mol. The Morgan fingerprint density at radius 2 is 0.893 bits per heavy atom. The van der Waals surface area contributed by atoms with Crippen molar-refractivity contribution in [3.63, 3.8) is 0 Å². The summed E-state index contributed by atoms with van der Waals surface area (Å²) in [6, 6.07) is 0. The minimum absolute atomic E-state index is 0.0112. The third-order valence-electron chi connectivity index (χ3n) is 6.30. The van der Waals surface area contributed by atoms with Crippen molar-refractivity contribution < 1.29 is 9.53 Å². The molecule has 0 aliphatic heterocycles. The first-order valence-electron chi connectivity index (χ1n) is 12.6. The molecule has 164 valence electrons. The third kappa shape index (κ3) is 15.2. The van der Waals surface area contributed by atoms with Crippen molar-refractivity contribution >= 4 is 5.97 Å². The normalized spacial score (nSPS) is 22.2. The zero-order valence-corrected chi connectivity index (χ0v) is 18.9. The Hall–Kier alpha value is -0.790. The van der Waals surface area contributed by atoms with Crippen molar-refractivity contribution in [2.75, 3.05) is 7.11 Å². The molecule has 0 aromatic heterocycles. The molecule has 0 heterocycles. The maximum atomic E-state index is 11.6. The predicted octanol–water partition coefficient (Wildman–Crippen LogP) is 8.54. The van der Waals surface area contributed by atoms with Gasteiger partial charge in [0.05, 0.1) is 13.0 Å². The molecular formula is C26H48O2. The Morgan fingerprint density at radius 1 is 0.571 bits per heavy atom. The largest absolute Gasteiger partial charge is 0.469 e. The lowest BCUT2D eigenvalue weighted by Gasteiger charge is -2.15. The average Bonchev–Trinajstić information content (AvgIpc) is 2.69. The van der Waals surface area contributed by atoms with Gasteiger partial charge in [-0.15, -0.1) is 0 Å². The highest BCUT2D eigenvalue weighted by Crippen LogP contribution is 2.21. The molecule has 0 atom stereocenters. The quantitative estimate of drug-likeness (QED) is 0.330. The molecule has 0 bridgehead atoms. The van der Waals surface area contributed by atoms with E-state index >= 15 is 0 Å². The zero-order valence-electron chi connectivity index (χ0n) is 18.9. The van der Waals surface area contributed by atoms with Crippen LogP contribution in [0, 0.1) is 5.92 Å². The summed E-state index contributed by atoms with van der Waals surface area (Å²) in [5.41, 5.74) is 0. The number of esters is 1. The molecule has 0 spiro atoms. The minimum atomic E-state index is 0.0112. The molecule has 2 heteroatoms. The second-order valence-corrected chi connectivity index (χ2v) is 8.86. The van der Waals surface area contributed by atoms with Crippen molar-refractivity contribution in [3.05, 3.63) is 12.2 Å². The van der Waals surface area contributed by atoms with Gasteiger partial charge in [0.15, 0.2) is 0 Å². The first kappa shape index (κ1) is 25.2. The monoisotopic (exact) mass is 392 g/mol. The summed E-state index contributed by atoms with van der Waals surface area (Å²) in [4.78, 5) is 11.6. The molecule has 0 amide bonds. The molecule has 2 aliphatic carbocycles. The van der Waals surface area contributed by atoms with Crippen LogP contribution in [0.15, 0.2) is 12.2 Å². The van der Waals surface area contributed by atoms with E-state index in [-0.39, 0.29) is 11.9 Å². The fourth-order valence-electron chi connectivity index (χ4n) is 4.39. The van der Waals surface area contributed by atoms with Gasteiger partial charge in [-0.1, -0.05) is 108 Å². The Labute approximate surface area is 175 Å². The number of allylic oxidation sites excluding steroid dienone is 2. The standard InChI is InChI=1S/C14H26O2.C12H22/c1-16-14(15)13-11-9-7-5-3-2-4-6-8-10-12-13;1-2-4-6-8-10-12-11-9-7-5-3-1/h13H,2-12H2,1H3;1-2H,3-12H2. The number of carbonyl (C=O) groups is 1. The third-order valence-corrected chi connectivity index (χ3v) is 6.30. The van der Waals surface area contributed by atoms with Crippen molar-refractivity contribution in [1.29, 1.82) is 0 Å². The van der Waals surface area contributed by atoms with Gasteiger partial charge >= 0.3 is 5.97 Å². The van der Waals surface area contributed by atoms with E-state index in [2.05, 4.69) is 12.2 Å². The second-order valence-electron chi connectivity index (χ2n) is 8.86. The summed E-state index contributed by atoms with van der Waals surface area (Å²) in [5.74, 6) is 0.182. The molecule has 0 aromatic rings. The lowest BCUT2D eigenvalue weighted by atomic mass is 9.93. The second kappa shape index (κ2) is 19.5. The van der Waals surface area contributed by atoms with Gasteiger partial charge < -0.3 is 4.74 Å². The molecule has 2 nitrogen and oxygen atoms in total. The van der Waals surface area contributed by atoms with Crippen molar-refractivity contribution in [2.24, 2.45) is 5.92 Å².